The molecule has 3 heterocycles. The Hall–Kier alpha value is -4.40. The molecule has 166 valence electrons. The molecule has 5 aromatic rings. The molecule has 3 aromatic heterocycles. The van der Waals surface area contributed by atoms with Crippen LogP contribution in [0.5, 0.6) is 11.5 Å². The van der Waals surface area contributed by atoms with Crippen LogP contribution in [-0.2, 0) is 6.54 Å². The standard InChI is InChI=1S/C24H21N5O4/c1-15-6-4-5-7-19(15)20-13-21-24(30)28(8-9-29(21)26-20)14-22-25-23(27-33-22)16-10-17(31-2)12-18(11-16)32-3/h4-13H,14H2,1-3H3. The summed E-state index contributed by atoms with van der Waals surface area (Å²) >= 11 is 0. The number of hydrogen-bond acceptors (Lipinski definition) is 7. The van der Waals surface area contributed by atoms with Crippen molar-refractivity contribution in [3.63, 3.8) is 0 Å². The van der Waals surface area contributed by atoms with Gasteiger partial charge >= 0.3 is 0 Å². The number of rotatable bonds is 6. The molecule has 0 saturated carbocycles. The van der Waals surface area contributed by atoms with Gasteiger partial charge in [-0.15, -0.1) is 0 Å². The van der Waals surface area contributed by atoms with Gasteiger partial charge in [-0.25, -0.2) is 4.52 Å². The lowest BCUT2D eigenvalue weighted by Gasteiger charge is -2.05. The van der Waals surface area contributed by atoms with E-state index in [-0.39, 0.29) is 12.1 Å². The van der Waals surface area contributed by atoms with Gasteiger partial charge in [-0.1, -0.05) is 29.4 Å². The van der Waals surface area contributed by atoms with Crippen LogP contribution in [0.15, 0.2) is 70.2 Å². The predicted octanol–water partition coefficient (Wildman–Crippen LogP) is 3.59. The fourth-order valence-electron chi connectivity index (χ4n) is 3.66. The molecule has 0 aliphatic carbocycles. The first-order chi connectivity index (χ1) is 16.1. The lowest BCUT2D eigenvalue weighted by molar-refractivity contribution is 0.370. The average Bonchev–Trinajstić information content (AvgIpc) is 3.48. The maximum absolute atomic E-state index is 13.1. The first kappa shape index (κ1) is 20.5. The number of ether oxygens (including phenoxy) is 2. The summed E-state index contributed by atoms with van der Waals surface area (Å²) in [6.45, 7) is 2.15. The minimum atomic E-state index is -0.201. The van der Waals surface area contributed by atoms with Crippen molar-refractivity contribution in [1.82, 2.24) is 24.3 Å². The van der Waals surface area contributed by atoms with Crippen LogP contribution >= 0.6 is 0 Å². The third-order valence-corrected chi connectivity index (χ3v) is 5.41. The van der Waals surface area contributed by atoms with Crippen molar-refractivity contribution in [2.45, 2.75) is 13.5 Å². The monoisotopic (exact) mass is 443 g/mol. The quantitative estimate of drug-likeness (QED) is 0.396. The SMILES string of the molecule is COc1cc(OC)cc(-c2noc(Cn3ccn4nc(-c5ccccc5C)cc4c3=O)n2)c1. The summed E-state index contributed by atoms with van der Waals surface area (Å²) in [6, 6.07) is 15.1. The van der Waals surface area contributed by atoms with E-state index in [1.165, 1.54) is 4.57 Å². The van der Waals surface area contributed by atoms with Crippen LogP contribution in [0.1, 0.15) is 11.5 Å². The molecule has 9 heteroatoms. The van der Waals surface area contributed by atoms with E-state index in [2.05, 4.69) is 15.2 Å². The largest absolute Gasteiger partial charge is 0.497 e. The van der Waals surface area contributed by atoms with E-state index in [4.69, 9.17) is 14.0 Å². The predicted molar refractivity (Wildman–Crippen MR) is 122 cm³/mol. The number of hydrogen-bond donors (Lipinski definition) is 0. The zero-order chi connectivity index (χ0) is 22.9. The Bertz CT molecular complexity index is 1490. The van der Waals surface area contributed by atoms with Gasteiger partial charge in [0.25, 0.3) is 5.56 Å². The molecule has 9 nitrogen and oxygen atoms in total. The first-order valence-electron chi connectivity index (χ1n) is 10.3. The number of aromatic nitrogens is 5. The Morgan fingerprint density at radius 1 is 1.00 bits per heavy atom. The van der Waals surface area contributed by atoms with Crippen molar-refractivity contribution >= 4 is 5.52 Å². The smallest absolute Gasteiger partial charge is 0.277 e. The fraction of sp³-hybridized carbons (Fsp3) is 0.167. The molecule has 0 spiro atoms. The number of nitrogens with zero attached hydrogens (tertiary/aromatic N) is 5. The van der Waals surface area contributed by atoms with Gasteiger partial charge in [-0.3, -0.25) is 4.79 Å². The zero-order valence-electron chi connectivity index (χ0n) is 18.3. The molecule has 0 radical (unpaired) electrons. The molecule has 0 bridgehead atoms. The van der Waals surface area contributed by atoms with Crippen molar-refractivity contribution in [1.29, 1.82) is 0 Å². The molecule has 5 rings (SSSR count). The third kappa shape index (κ3) is 3.84. The molecular formula is C24H21N5O4. The van der Waals surface area contributed by atoms with Gasteiger partial charge in [0.05, 0.1) is 19.9 Å². The van der Waals surface area contributed by atoms with Gasteiger partial charge < -0.3 is 18.6 Å². The highest BCUT2D eigenvalue weighted by Crippen LogP contribution is 2.28. The normalized spacial score (nSPS) is 11.1. The first-order valence-corrected chi connectivity index (χ1v) is 10.3. The van der Waals surface area contributed by atoms with Crippen molar-refractivity contribution < 1.29 is 14.0 Å². The highest BCUT2D eigenvalue weighted by atomic mass is 16.5. The maximum atomic E-state index is 13.1. The van der Waals surface area contributed by atoms with E-state index in [9.17, 15) is 4.79 Å². The van der Waals surface area contributed by atoms with Gasteiger partial charge in [0.15, 0.2) is 0 Å². The second-order valence-electron chi connectivity index (χ2n) is 7.52. The zero-order valence-corrected chi connectivity index (χ0v) is 18.3. The van der Waals surface area contributed by atoms with Gasteiger partial charge in [-0.2, -0.15) is 10.1 Å². The van der Waals surface area contributed by atoms with Crippen LogP contribution in [0.3, 0.4) is 0 Å². The molecular weight excluding hydrogens is 422 g/mol. The van der Waals surface area contributed by atoms with Gasteiger partial charge in [0, 0.05) is 29.6 Å². The van der Waals surface area contributed by atoms with Crippen molar-refractivity contribution in [2.24, 2.45) is 0 Å². The molecule has 0 unspecified atom stereocenters. The van der Waals surface area contributed by atoms with Crippen LogP contribution in [-0.4, -0.2) is 38.5 Å². The number of fused-ring (bicyclic) bond motifs is 1. The van der Waals surface area contributed by atoms with Crippen molar-refractivity contribution in [2.75, 3.05) is 14.2 Å². The maximum Gasteiger partial charge on any atom is 0.277 e. The van der Waals surface area contributed by atoms with E-state index < -0.39 is 0 Å². The lowest BCUT2D eigenvalue weighted by Crippen LogP contribution is -2.21. The molecule has 0 aliphatic heterocycles. The average molecular weight is 443 g/mol. The van der Waals surface area contributed by atoms with Crippen molar-refractivity contribution in [3.05, 3.63) is 82.7 Å². The Kier molecular flexibility index (Phi) is 5.14. The van der Waals surface area contributed by atoms with E-state index in [0.717, 1.165) is 16.8 Å². The summed E-state index contributed by atoms with van der Waals surface area (Å²) in [6.07, 6.45) is 3.39. The Morgan fingerprint density at radius 3 is 2.48 bits per heavy atom. The highest BCUT2D eigenvalue weighted by molar-refractivity contribution is 5.68. The van der Waals surface area contributed by atoms with Gasteiger partial charge in [-0.05, 0) is 30.7 Å². The summed E-state index contributed by atoms with van der Waals surface area (Å²) < 4.78 is 19.1. The van der Waals surface area contributed by atoms with E-state index in [1.54, 1.807) is 55.4 Å². The second-order valence-corrected chi connectivity index (χ2v) is 7.52. The summed E-state index contributed by atoms with van der Waals surface area (Å²) in [7, 11) is 3.15. The van der Waals surface area contributed by atoms with Gasteiger partial charge in [0.1, 0.15) is 23.6 Å². The molecule has 0 fully saturated rings. The minimum absolute atomic E-state index is 0.133. The van der Waals surface area contributed by atoms with Crippen LogP contribution in [0.4, 0.5) is 0 Å². The van der Waals surface area contributed by atoms with E-state index in [1.807, 2.05) is 31.2 Å². The molecule has 0 saturated heterocycles. The summed E-state index contributed by atoms with van der Waals surface area (Å²) in [5.74, 6) is 1.91. The molecule has 2 aromatic carbocycles. The van der Waals surface area contributed by atoms with E-state index >= 15 is 0 Å². The fourth-order valence-corrected chi connectivity index (χ4v) is 3.66. The topological polar surface area (TPSA) is 96.7 Å². The molecule has 33 heavy (non-hydrogen) atoms. The molecule has 0 amide bonds. The Balaban J connectivity index is 1.46. The summed E-state index contributed by atoms with van der Waals surface area (Å²) in [4.78, 5) is 17.5. The summed E-state index contributed by atoms with van der Waals surface area (Å²) in [5.41, 5.74) is 3.77. The molecule has 0 N–H and O–H groups in total. The number of benzene rings is 2. The number of aryl methyl sites for hydroxylation is 1. The van der Waals surface area contributed by atoms with Crippen LogP contribution < -0.4 is 15.0 Å². The van der Waals surface area contributed by atoms with E-state index in [0.29, 0.717) is 34.3 Å². The minimum Gasteiger partial charge on any atom is -0.497 e. The molecule has 0 atom stereocenters. The molecule has 0 aliphatic rings. The van der Waals surface area contributed by atoms with Crippen LogP contribution in [0.2, 0.25) is 0 Å². The third-order valence-electron chi connectivity index (χ3n) is 5.41. The van der Waals surface area contributed by atoms with Gasteiger partial charge in [0.2, 0.25) is 11.7 Å². The highest BCUT2D eigenvalue weighted by Gasteiger charge is 2.15. The lowest BCUT2D eigenvalue weighted by atomic mass is 10.1. The Labute approximate surface area is 188 Å². The second kappa shape index (κ2) is 8.27. The Morgan fingerprint density at radius 2 is 1.76 bits per heavy atom. The van der Waals surface area contributed by atoms with Crippen LogP contribution in [0, 0.1) is 6.92 Å². The van der Waals surface area contributed by atoms with Crippen LogP contribution in [0.25, 0.3) is 28.2 Å². The van der Waals surface area contributed by atoms with Crippen molar-refractivity contribution in [3.8, 4) is 34.1 Å². The summed E-state index contributed by atoms with van der Waals surface area (Å²) in [5, 5.41) is 8.61. The number of methoxy groups -OCH3 is 2.